The molecule has 1 aliphatic rings. The van der Waals surface area contributed by atoms with Gasteiger partial charge in [-0.15, -0.1) is 0 Å². The maximum absolute atomic E-state index is 12.0. The molecule has 0 aliphatic carbocycles. The fourth-order valence-electron chi connectivity index (χ4n) is 2.42. The van der Waals surface area contributed by atoms with E-state index in [1.165, 1.54) is 18.9 Å². The minimum Gasteiger partial charge on any atom is -0.355 e. The molecule has 1 fully saturated rings. The van der Waals surface area contributed by atoms with E-state index in [1.807, 2.05) is 0 Å². The highest BCUT2D eigenvalue weighted by atomic mass is 16.2. The molecule has 0 radical (unpaired) electrons. The van der Waals surface area contributed by atoms with Gasteiger partial charge in [-0.05, 0) is 6.92 Å². The van der Waals surface area contributed by atoms with Gasteiger partial charge in [0.05, 0.1) is 19.4 Å². The second kappa shape index (κ2) is 10.3. The van der Waals surface area contributed by atoms with Crippen molar-refractivity contribution < 1.29 is 33.6 Å². The van der Waals surface area contributed by atoms with E-state index in [0.717, 1.165) is 0 Å². The largest absolute Gasteiger partial charge is 0.355 e. The van der Waals surface area contributed by atoms with Crippen LogP contribution >= 0.6 is 0 Å². The number of carbonyl (C=O) groups excluding carboxylic acids is 7. The van der Waals surface area contributed by atoms with Crippen molar-refractivity contribution in [3.8, 4) is 0 Å². The van der Waals surface area contributed by atoms with Crippen molar-refractivity contribution in [1.29, 1.82) is 0 Å². The topological polar surface area (TPSA) is 147 Å². The van der Waals surface area contributed by atoms with Crippen molar-refractivity contribution in [3.05, 3.63) is 0 Å². The second-order valence-electron chi connectivity index (χ2n) is 6.34. The Balaban J connectivity index is 2.30. The minimum atomic E-state index is -1.31. The summed E-state index contributed by atoms with van der Waals surface area (Å²) in [5, 5.41) is 4.70. The third-order valence-electron chi connectivity index (χ3n) is 3.95. The van der Waals surface area contributed by atoms with Crippen LogP contribution in [0.4, 0.5) is 0 Å². The summed E-state index contributed by atoms with van der Waals surface area (Å²) in [6, 6.07) is 0. The van der Waals surface area contributed by atoms with Gasteiger partial charge in [-0.3, -0.25) is 33.6 Å². The highest BCUT2D eigenvalue weighted by Crippen LogP contribution is 2.10. The number of hydrogen-bond donors (Lipinski definition) is 2. The van der Waals surface area contributed by atoms with Gasteiger partial charge in [0, 0.05) is 33.0 Å². The third kappa shape index (κ3) is 7.47. The maximum Gasteiger partial charge on any atom is 0.238 e. The first-order chi connectivity index (χ1) is 12.6. The molecule has 1 rings (SSSR count). The minimum absolute atomic E-state index is 0.0165. The summed E-state index contributed by atoms with van der Waals surface area (Å²) in [5.41, 5.74) is 0. The van der Waals surface area contributed by atoms with Crippen LogP contribution in [0.25, 0.3) is 0 Å². The third-order valence-corrected chi connectivity index (χ3v) is 3.95. The lowest BCUT2D eigenvalue weighted by Crippen LogP contribution is -2.34. The lowest BCUT2D eigenvalue weighted by molar-refractivity contribution is -0.136. The average Bonchev–Trinajstić information content (AvgIpc) is 2.90. The average molecular weight is 381 g/mol. The van der Waals surface area contributed by atoms with E-state index in [4.69, 9.17) is 0 Å². The number of nitrogens with one attached hydrogen (secondary N) is 2. The van der Waals surface area contributed by atoms with Crippen molar-refractivity contribution in [2.24, 2.45) is 5.92 Å². The number of amides is 3. The summed E-state index contributed by atoms with van der Waals surface area (Å²) < 4.78 is 0. The van der Waals surface area contributed by atoms with E-state index in [9.17, 15) is 33.6 Å². The number of nitrogens with zero attached hydrogens (tertiary/aromatic N) is 1. The normalized spacial score (nSPS) is 15.9. The zero-order chi connectivity index (χ0) is 20.6. The number of ketones is 4. The van der Waals surface area contributed by atoms with E-state index in [0.29, 0.717) is 0 Å². The first-order valence-electron chi connectivity index (χ1n) is 8.46. The summed E-state index contributed by atoms with van der Waals surface area (Å²) in [7, 11) is 1.41. The molecule has 0 bridgehead atoms. The molecule has 3 amide bonds. The van der Waals surface area contributed by atoms with Gasteiger partial charge in [-0.25, -0.2) is 0 Å². The number of Topliss-reactive ketones (excluding diaryl/α,β-unsaturated/α-hetero) is 4. The second-order valence-corrected chi connectivity index (χ2v) is 6.34. The smallest absolute Gasteiger partial charge is 0.238 e. The highest BCUT2D eigenvalue weighted by molar-refractivity contribution is 6.23. The fraction of sp³-hybridized carbons (Fsp3) is 0.588. The molecule has 2 N–H and O–H groups in total. The molecule has 1 aliphatic heterocycles. The van der Waals surface area contributed by atoms with Crippen molar-refractivity contribution in [2.45, 2.75) is 32.6 Å². The molecule has 0 aromatic rings. The Kier molecular flexibility index (Phi) is 8.43. The zero-order valence-electron chi connectivity index (χ0n) is 15.3. The molecular formula is C17H23N3O7. The molecule has 0 spiro atoms. The number of rotatable bonds is 11. The molecule has 1 saturated heterocycles. The van der Waals surface area contributed by atoms with Gasteiger partial charge >= 0.3 is 0 Å². The maximum atomic E-state index is 12.0. The van der Waals surface area contributed by atoms with Gasteiger partial charge in [0.1, 0.15) is 11.6 Å². The van der Waals surface area contributed by atoms with Crippen LogP contribution in [0.3, 0.4) is 0 Å². The van der Waals surface area contributed by atoms with Crippen LogP contribution in [0, 0.1) is 5.92 Å². The SMILES string of the molecule is CC(=O)CC(=O)NCCC(=O)CC(=O)N(C)CCC(=O)C1C(=O)CNC1=O. The van der Waals surface area contributed by atoms with Gasteiger partial charge in [0.15, 0.2) is 17.5 Å². The molecular weight excluding hydrogens is 358 g/mol. The van der Waals surface area contributed by atoms with E-state index in [-0.39, 0.29) is 44.7 Å². The molecule has 1 atom stereocenters. The quantitative estimate of drug-likeness (QED) is 0.400. The lowest BCUT2D eigenvalue weighted by Gasteiger charge is -2.17. The first kappa shape index (κ1) is 22.1. The van der Waals surface area contributed by atoms with Crippen LogP contribution in [0.1, 0.15) is 32.6 Å². The van der Waals surface area contributed by atoms with Gasteiger partial charge in [-0.1, -0.05) is 0 Å². The standard InChI is InChI=1S/C17H23N3O7/c1-10(21)7-14(25)18-5-3-11(22)8-15(26)20(2)6-4-12(23)16-13(24)9-19-17(16)27/h16H,3-9H2,1-2H3,(H,18,25)(H,19,27). The summed E-state index contributed by atoms with van der Waals surface area (Å²) in [6.07, 6.45) is -0.873. The van der Waals surface area contributed by atoms with Crippen LogP contribution in [-0.2, 0) is 33.6 Å². The monoisotopic (exact) mass is 381 g/mol. The van der Waals surface area contributed by atoms with E-state index in [1.54, 1.807) is 0 Å². The molecule has 0 aromatic heterocycles. The van der Waals surface area contributed by atoms with Crippen molar-refractivity contribution >= 4 is 40.9 Å². The molecule has 10 heteroatoms. The first-order valence-corrected chi connectivity index (χ1v) is 8.46. The van der Waals surface area contributed by atoms with E-state index in [2.05, 4.69) is 10.6 Å². The van der Waals surface area contributed by atoms with Gasteiger partial charge < -0.3 is 15.5 Å². The molecule has 1 unspecified atom stereocenters. The Morgan fingerprint density at radius 3 is 2.33 bits per heavy atom. The molecule has 148 valence electrons. The van der Waals surface area contributed by atoms with E-state index >= 15 is 0 Å². The van der Waals surface area contributed by atoms with Crippen molar-refractivity contribution in [1.82, 2.24) is 15.5 Å². The lowest BCUT2D eigenvalue weighted by atomic mass is 9.99. The molecule has 0 aromatic carbocycles. The molecule has 27 heavy (non-hydrogen) atoms. The Bertz CT molecular complexity index is 655. The fourth-order valence-corrected chi connectivity index (χ4v) is 2.42. The summed E-state index contributed by atoms with van der Waals surface area (Å²) in [6.45, 7) is 1.12. The van der Waals surface area contributed by atoms with Gasteiger partial charge in [0.25, 0.3) is 0 Å². The summed E-state index contributed by atoms with van der Waals surface area (Å²) in [5.74, 6) is -4.66. The van der Waals surface area contributed by atoms with Gasteiger partial charge in [0.2, 0.25) is 17.7 Å². The summed E-state index contributed by atoms with van der Waals surface area (Å²) in [4.78, 5) is 81.8. The number of hydrogen-bond acceptors (Lipinski definition) is 7. The van der Waals surface area contributed by atoms with Gasteiger partial charge in [-0.2, -0.15) is 0 Å². The van der Waals surface area contributed by atoms with Crippen LogP contribution in [0.15, 0.2) is 0 Å². The molecule has 0 saturated carbocycles. The van der Waals surface area contributed by atoms with Crippen LogP contribution < -0.4 is 10.6 Å². The Hall–Kier alpha value is -2.91. The zero-order valence-corrected chi connectivity index (χ0v) is 15.3. The Morgan fingerprint density at radius 1 is 1.11 bits per heavy atom. The molecule has 1 heterocycles. The van der Waals surface area contributed by atoms with Crippen LogP contribution in [-0.4, -0.2) is 72.4 Å². The van der Waals surface area contributed by atoms with Crippen LogP contribution in [0.2, 0.25) is 0 Å². The van der Waals surface area contributed by atoms with Crippen LogP contribution in [0.5, 0.6) is 0 Å². The molecule has 10 nitrogen and oxygen atoms in total. The number of carbonyl (C=O) groups is 7. The Labute approximate surface area is 156 Å². The summed E-state index contributed by atoms with van der Waals surface area (Å²) >= 11 is 0. The predicted molar refractivity (Wildman–Crippen MR) is 91.3 cm³/mol. The Morgan fingerprint density at radius 2 is 1.78 bits per heavy atom. The predicted octanol–water partition coefficient (Wildman–Crippen LogP) is -1.84. The van der Waals surface area contributed by atoms with E-state index < -0.39 is 47.4 Å². The van der Waals surface area contributed by atoms with Crippen molar-refractivity contribution in [2.75, 3.05) is 26.7 Å². The highest BCUT2D eigenvalue weighted by Gasteiger charge is 2.38. The van der Waals surface area contributed by atoms with Crippen molar-refractivity contribution in [3.63, 3.8) is 0 Å².